The van der Waals surface area contributed by atoms with Gasteiger partial charge in [-0.2, -0.15) is 0 Å². The van der Waals surface area contributed by atoms with Crippen LogP contribution in [0.15, 0.2) is 0 Å². The lowest BCUT2D eigenvalue weighted by Crippen LogP contribution is -2.03. The first kappa shape index (κ1) is 11.0. The third-order valence-corrected chi connectivity index (χ3v) is 3.41. The Labute approximate surface area is 102 Å². The largest absolute Gasteiger partial charge is 0.464 e. The van der Waals surface area contributed by atoms with Crippen LogP contribution in [0.1, 0.15) is 20.8 Å². The highest BCUT2D eigenvalue weighted by Gasteiger charge is 2.18. The SMILES string of the molecule is COC(=O)c1[nH]c(I)c(C=O)c1I. The number of hydrogen-bond acceptors (Lipinski definition) is 3. The lowest BCUT2D eigenvalue weighted by atomic mass is 10.3. The van der Waals surface area contributed by atoms with Crippen LogP contribution in [-0.4, -0.2) is 24.3 Å². The average Bonchev–Trinajstić information content (AvgIpc) is 2.40. The molecule has 0 aliphatic rings. The number of esters is 1. The molecule has 0 aliphatic carbocycles. The predicted molar refractivity (Wildman–Crippen MR) is 63.0 cm³/mol. The van der Waals surface area contributed by atoms with Gasteiger partial charge < -0.3 is 9.72 Å². The molecule has 0 aromatic carbocycles. The number of aldehydes is 1. The number of carbonyl (C=O) groups excluding carboxylic acids is 2. The molecule has 1 N–H and O–H groups in total. The molecular formula is C7H5I2NO3. The van der Waals surface area contributed by atoms with Crippen molar-refractivity contribution in [2.75, 3.05) is 7.11 Å². The third kappa shape index (κ3) is 2.03. The fraction of sp³-hybridized carbons (Fsp3) is 0.143. The number of hydrogen-bond donors (Lipinski definition) is 1. The molecule has 1 heterocycles. The molecule has 0 atom stereocenters. The molecule has 1 aromatic heterocycles. The van der Waals surface area contributed by atoms with E-state index in [0.717, 1.165) is 0 Å². The van der Waals surface area contributed by atoms with Gasteiger partial charge in [0, 0.05) is 0 Å². The molecule has 1 rings (SSSR count). The standard InChI is InChI=1S/C7H5I2NO3/c1-13-7(12)5-4(8)3(2-11)6(9)10-5/h2,10H,1H3. The van der Waals surface area contributed by atoms with Crippen molar-refractivity contribution < 1.29 is 14.3 Å². The van der Waals surface area contributed by atoms with Crippen molar-refractivity contribution >= 4 is 57.4 Å². The summed E-state index contributed by atoms with van der Waals surface area (Å²) >= 11 is 3.89. The van der Waals surface area contributed by atoms with Crippen molar-refractivity contribution in [3.8, 4) is 0 Å². The van der Waals surface area contributed by atoms with Crippen LogP contribution in [-0.2, 0) is 4.74 Å². The van der Waals surface area contributed by atoms with Gasteiger partial charge >= 0.3 is 5.97 Å². The lowest BCUT2D eigenvalue weighted by molar-refractivity contribution is 0.0593. The highest BCUT2D eigenvalue weighted by atomic mass is 127. The van der Waals surface area contributed by atoms with E-state index >= 15 is 0 Å². The van der Waals surface area contributed by atoms with Crippen molar-refractivity contribution in [3.63, 3.8) is 0 Å². The number of aromatic nitrogens is 1. The van der Waals surface area contributed by atoms with E-state index in [9.17, 15) is 9.59 Å². The highest BCUT2D eigenvalue weighted by molar-refractivity contribution is 14.1. The number of H-pyrrole nitrogens is 1. The maximum atomic E-state index is 11.1. The topological polar surface area (TPSA) is 59.2 Å². The van der Waals surface area contributed by atoms with Gasteiger partial charge in [-0.3, -0.25) is 4.79 Å². The molecule has 70 valence electrons. The lowest BCUT2D eigenvalue weighted by Gasteiger charge is -1.94. The van der Waals surface area contributed by atoms with Gasteiger partial charge in [0.25, 0.3) is 0 Å². The summed E-state index contributed by atoms with van der Waals surface area (Å²) in [4.78, 5) is 24.5. The van der Waals surface area contributed by atoms with Gasteiger partial charge in [0.2, 0.25) is 0 Å². The summed E-state index contributed by atoms with van der Waals surface area (Å²) in [5, 5.41) is 0. The minimum Gasteiger partial charge on any atom is -0.464 e. The number of rotatable bonds is 2. The molecule has 0 spiro atoms. The van der Waals surface area contributed by atoms with Crippen LogP contribution in [0, 0.1) is 7.27 Å². The van der Waals surface area contributed by atoms with E-state index in [1.54, 1.807) is 0 Å². The van der Waals surface area contributed by atoms with Gasteiger partial charge in [0.1, 0.15) is 5.69 Å². The van der Waals surface area contributed by atoms with E-state index in [1.807, 2.05) is 45.2 Å². The van der Waals surface area contributed by atoms with Crippen LogP contribution in [0.4, 0.5) is 0 Å². The van der Waals surface area contributed by atoms with E-state index in [1.165, 1.54) is 7.11 Å². The van der Waals surface area contributed by atoms with Crippen LogP contribution in [0.2, 0.25) is 0 Å². The number of methoxy groups -OCH3 is 1. The van der Waals surface area contributed by atoms with E-state index in [0.29, 0.717) is 24.8 Å². The second-order valence-electron chi connectivity index (χ2n) is 2.15. The maximum Gasteiger partial charge on any atom is 0.355 e. The molecule has 13 heavy (non-hydrogen) atoms. The molecule has 6 heteroatoms. The maximum absolute atomic E-state index is 11.1. The second-order valence-corrected chi connectivity index (χ2v) is 4.31. The van der Waals surface area contributed by atoms with E-state index < -0.39 is 5.97 Å². The van der Waals surface area contributed by atoms with Crippen LogP contribution >= 0.6 is 45.2 Å². The summed E-state index contributed by atoms with van der Waals surface area (Å²) in [5.41, 5.74) is 0.830. The molecule has 0 saturated carbocycles. The first-order valence-electron chi connectivity index (χ1n) is 3.22. The summed E-state index contributed by atoms with van der Waals surface area (Å²) in [5.74, 6) is -0.463. The van der Waals surface area contributed by atoms with Gasteiger partial charge in [-0.05, 0) is 45.2 Å². The molecule has 0 bridgehead atoms. The average molecular weight is 405 g/mol. The Balaban J connectivity index is 3.25. The number of halogens is 2. The highest BCUT2D eigenvalue weighted by Crippen LogP contribution is 2.21. The molecule has 0 aliphatic heterocycles. The van der Waals surface area contributed by atoms with Crippen LogP contribution < -0.4 is 0 Å². The first-order valence-corrected chi connectivity index (χ1v) is 5.38. The van der Waals surface area contributed by atoms with Gasteiger partial charge in [0.15, 0.2) is 6.29 Å². The van der Waals surface area contributed by atoms with Crippen LogP contribution in [0.5, 0.6) is 0 Å². The molecule has 0 unspecified atom stereocenters. The van der Waals surface area contributed by atoms with Crippen molar-refractivity contribution in [3.05, 3.63) is 18.5 Å². The molecular weight excluding hydrogens is 400 g/mol. The van der Waals surface area contributed by atoms with E-state index in [4.69, 9.17) is 0 Å². The molecule has 0 radical (unpaired) electrons. The van der Waals surface area contributed by atoms with E-state index in [-0.39, 0.29) is 0 Å². The Morgan fingerprint density at radius 1 is 1.54 bits per heavy atom. The Hall–Kier alpha value is -0.120. The molecule has 4 nitrogen and oxygen atoms in total. The van der Waals surface area contributed by atoms with E-state index in [2.05, 4.69) is 9.72 Å². The summed E-state index contributed by atoms with van der Waals surface area (Å²) in [6, 6.07) is 0. The van der Waals surface area contributed by atoms with Gasteiger partial charge in [-0.1, -0.05) is 0 Å². The quantitative estimate of drug-likeness (QED) is 0.464. The zero-order valence-electron chi connectivity index (χ0n) is 6.56. The van der Waals surface area contributed by atoms with Crippen molar-refractivity contribution in [2.24, 2.45) is 0 Å². The van der Waals surface area contributed by atoms with Crippen molar-refractivity contribution in [1.82, 2.24) is 4.98 Å². The Morgan fingerprint density at radius 2 is 2.15 bits per heavy atom. The zero-order valence-corrected chi connectivity index (χ0v) is 10.9. The number of aromatic amines is 1. The number of ether oxygens (including phenoxy) is 1. The normalized spacial score (nSPS) is 9.77. The van der Waals surface area contributed by atoms with Crippen LogP contribution in [0.3, 0.4) is 0 Å². The van der Waals surface area contributed by atoms with Crippen molar-refractivity contribution in [1.29, 1.82) is 0 Å². The molecule has 1 aromatic rings. The minimum atomic E-state index is -0.463. The third-order valence-electron chi connectivity index (χ3n) is 1.43. The summed E-state index contributed by atoms with van der Waals surface area (Å²) in [6.45, 7) is 0. The molecule has 0 saturated heterocycles. The molecule has 0 fully saturated rings. The summed E-state index contributed by atoms with van der Waals surface area (Å²) in [7, 11) is 1.30. The number of nitrogens with one attached hydrogen (secondary N) is 1. The van der Waals surface area contributed by atoms with Crippen LogP contribution in [0.25, 0.3) is 0 Å². The Kier molecular flexibility index (Phi) is 3.71. The van der Waals surface area contributed by atoms with Gasteiger partial charge in [-0.15, -0.1) is 0 Å². The zero-order chi connectivity index (χ0) is 10.0. The first-order chi connectivity index (χ1) is 6.11. The predicted octanol–water partition coefficient (Wildman–Crippen LogP) is 1.82. The summed E-state index contributed by atoms with van der Waals surface area (Å²) < 4.78 is 5.79. The fourth-order valence-corrected chi connectivity index (χ4v) is 2.74. The molecule has 0 amide bonds. The Bertz CT molecular complexity index is 359. The van der Waals surface area contributed by atoms with Gasteiger partial charge in [-0.25, -0.2) is 4.79 Å². The fourth-order valence-electron chi connectivity index (χ4n) is 0.809. The minimum absolute atomic E-state index is 0.328. The van der Waals surface area contributed by atoms with Gasteiger partial charge in [0.05, 0.1) is 19.9 Å². The monoisotopic (exact) mass is 405 g/mol. The van der Waals surface area contributed by atoms with Crippen molar-refractivity contribution in [2.45, 2.75) is 0 Å². The smallest absolute Gasteiger partial charge is 0.355 e. The number of carbonyl (C=O) groups is 2. The summed E-state index contributed by atoms with van der Waals surface area (Å²) in [6.07, 6.45) is 0.715. The Morgan fingerprint density at radius 3 is 2.54 bits per heavy atom. The second kappa shape index (κ2) is 4.40.